The van der Waals surface area contributed by atoms with E-state index in [-0.39, 0.29) is 17.4 Å². The number of ether oxygens (including phenoxy) is 2. The first kappa shape index (κ1) is 31.5. The number of aromatic nitrogens is 4. The minimum absolute atomic E-state index is 0.194. The van der Waals surface area contributed by atoms with Crippen LogP contribution in [0.3, 0.4) is 0 Å². The summed E-state index contributed by atoms with van der Waals surface area (Å²) >= 11 is 0. The van der Waals surface area contributed by atoms with Crippen molar-refractivity contribution in [3.05, 3.63) is 95.6 Å². The van der Waals surface area contributed by atoms with Crippen LogP contribution in [0.15, 0.2) is 72.9 Å². The first-order valence-corrected chi connectivity index (χ1v) is 16.2. The van der Waals surface area contributed by atoms with Gasteiger partial charge >= 0.3 is 5.97 Å². The number of carbonyl (C=O) groups is 1. The van der Waals surface area contributed by atoms with Crippen LogP contribution in [0, 0.1) is 17.7 Å². The lowest BCUT2D eigenvalue weighted by atomic mass is 9.95. The molecule has 2 aromatic heterocycles. The molecule has 6 rings (SSSR count). The fourth-order valence-corrected chi connectivity index (χ4v) is 6.11. The molecule has 9 heteroatoms. The summed E-state index contributed by atoms with van der Waals surface area (Å²) in [5.74, 6) is 1.88. The number of likely N-dealkylation sites (tertiary alicyclic amines) is 1. The van der Waals surface area contributed by atoms with Crippen molar-refractivity contribution in [3.8, 4) is 22.8 Å². The lowest BCUT2D eigenvalue weighted by molar-refractivity contribution is 0.0454. The molecule has 1 fully saturated rings. The average Bonchev–Trinajstić information content (AvgIpc) is 3.66. The summed E-state index contributed by atoms with van der Waals surface area (Å²) < 4.78 is 27.8. The Kier molecular flexibility index (Phi) is 9.49. The second-order valence-electron chi connectivity index (χ2n) is 13.0. The van der Waals surface area contributed by atoms with Gasteiger partial charge in [0.25, 0.3) is 0 Å². The van der Waals surface area contributed by atoms with Crippen molar-refractivity contribution in [1.82, 2.24) is 24.9 Å². The van der Waals surface area contributed by atoms with Crippen LogP contribution in [0.2, 0.25) is 0 Å². The molecule has 1 aliphatic heterocycles. The zero-order chi connectivity index (χ0) is 32.2. The molecule has 0 radical (unpaired) electrons. The maximum Gasteiger partial charge on any atom is 0.355 e. The molecule has 0 bridgehead atoms. The number of H-pyrrole nitrogens is 1. The summed E-state index contributed by atoms with van der Waals surface area (Å²) in [7, 11) is 0. The summed E-state index contributed by atoms with van der Waals surface area (Å²) in [4.78, 5) is 18.6. The van der Waals surface area contributed by atoms with Crippen LogP contribution in [0.4, 0.5) is 4.39 Å². The van der Waals surface area contributed by atoms with E-state index in [9.17, 15) is 9.18 Å². The first-order chi connectivity index (χ1) is 22.2. The zero-order valence-electron chi connectivity index (χ0n) is 27.0. The fraction of sp³-hybridized carbons (Fsp3) is 0.378. The second kappa shape index (κ2) is 13.9. The van der Waals surface area contributed by atoms with Gasteiger partial charge in [-0.2, -0.15) is 0 Å². The molecule has 46 heavy (non-hydrogen) atoms. The molecule has 0 amide bonds. The molecule has 0 saturated carbocycles. The van der Waals surface area contributed by atoms with E-state index in [4.69, 9.17) is 9.47 Å². The van der Waals surface area contributed by atoms with Crippen molar-refractivity contribution in [3.63, 3.8) is 0 Å². The lowest BCUT2D eigenvalue weighted by Gasteiger charge is -2.32. The molecule has 0 atom stereocenters. The third-order valence-corrected chi connectivity index (χ3v) is 8.53. The molecule has 5 aromatic rings. The van der Waals surface area contributed by atoms with Crippen molar-refractivity contribution in [2.75, 3.05) is 19.7 Å². The first-order valence-electron chi connectivity index (χ1n) is 16.2. The number of esters is 1. The highest BCUT2D eigenvalue weighted by atomic mass is 19.1. The quantitative estimate of drug-likeness (QED) is 0.149. The number of fused-ring (bicyclic) bond motifs is 1. The molecule has 0 spiro atoms. The highest BCUT2D eigenvalue weighted by Gasteiger charge is 2.25. The van der Waals surface area contributed by atoms with Crippen LogP contribution >= 0.6 is 0 Å². The van der Waals surface area contributed by atoms with Gasteiger partial charge in [0.15, 0.2) is 0 Å². The summed E-state index contributed by atoms with van der Waals surface area (Å²) in [6, 6.07) is 20.9. The Morgan fingerprint density at radius 1 is 1.02 bits per heavy atom. The SMILES string of the molecule is CC(C)COC(=O)c1[nH]c2ccc(F)cc2c1-c1cn(CC2CCN(Cc3ccc(Oc4ccccc4)c(C(C)C)c3)CC2)nn1. The number of hydrogen-bond acceptors (Lipinski definition) is 6. The Morgan fingerprint density at radius 2 is 1.80 bits per heavy atom. The van der Waals surface area contributed by atoms with Crippen LogP contribution < -0.4 is 4.74 Å². The van der Waals surface area contributed by atoms with Crippen LogP contribution in [0.1, 0.15) is 68.1 Å². The molecular formula is C37H42FN5O3. The maximum atomic E-state index is 14.3. The number of piperidine rings is 1. The fourth-order valence-electron chi connectivity index (χ4n) is 6.11. The molecule has 1 aliphatic rings. The van der Waals surface area contributed by atoms with E-state index in [1.54, 1.807) is 6.07 Å². The van der Waals surface area contributed by atoms with E-state index in [0.29, 0.717) is 40.6 Å². The number of hydrogen-bond donors (Lipinski definition) is 1. The van der Waals surface area contributed by atoms with E-state index in [1.165, 1.54) is 23.3 Å². The molecule has 0 unspecified atom stereocenters. The third-order valence-electron chi connectivity index (χ3n) is 8.53. The summed E-state index contributed by atoms with van der Waals surface area (Å²) in [6.45, 7) is 12.3. The number of halogens is 1. The topological polar surface area (TPSA) is 85.3 Å². The number of rotatable bonds is 11. The van der Waals surface area contributed by atoms with E-state index in [0.717, 1.165) is 50.5 Å². The van der Waals surface area contributed by atoms with E-state index >= 15 is 0 Å². The summed E-state index contributed by atoms with van der Waals surface area (Å²) in [6.07, 6.45) is 3.95. The van der Waals surface area contributed by atoms with Crippen LogP contribution in [0.25, 0.3) is 22.2 Å². The van der Waals surface area contributed by atoms with E-state index < -0.39 is 5.97 Å². The number of nitrogens with zero attached hydrogens (tertiary/aromatic N) is 4. The maximum absolute atomic E-state index is 14.3. The molecule has 8 nitrogen and oxygen atoms in total. The van der Waals surface area contributed by atoms with Crippen molar-refractivity contribution >= 4 is 16.9 Å². The van der Waals surface area contributed by atoms with Gasteiger partial charge in [-0.3, -0.25) is 9.58 Å². The van der Waals surface area contributed by atoms with Crippen molar-refractivity contribution in [2.45, 2.75) is 59.5 Å². The predicted octanol–water partition coefficient (Wildman–Crippen LogP) is 8.21. The second-order valence-corrected chi connectivity index (χ2v) is 13.0. The molecule has 240 valence electrons. The van der Waals surface area contributed by atoms with Crippen LogP contribution in [-0.4, -0.2) is 50.5 Å². The Bertz CT molecular complexity index is 1790. The Balaban J connectivity index is 1.10. The van der Waals surface area contributed by atoms with Gasteiger partial charge in [-0.25, -0.2) is 9.18 Å². The Hall–Kier alpha value is -4.50. The number of nitrogens with one attached hydrogen (secondary N) is 1. The zero-order valence-corrected chi connectivity index (χ0v) is 27.0. The van der Waals surface area contributed by atoms with Crippen molar-refractivity contribution in [1.29, 1.82) is 0 Å². The Morgan fingerprint density at radius 3 is 2.54 bits per heavy atom. The average molecular weight is 624 g/mol. The van der Waals surface area contributed by atoms with Crippen LogP contribution in [-0.2, 0) is 17.8 Å². The standard InChI is InChI=1S/C37H42FN5O3/c1-24(2)23-45-37(44)36-35(31-19-28(38)11-12-32(31)39-36)33-22-43(41-40-33)21-26-14-16-42(17-15-26)20-27-10-13-34(30(18-27)25(3)4)46-29-8-6-5-7-9-29/h5-13,18-19,22,24-26,39H,14-17,20-21,23H2,1-4H3. The van der Waals surface area contributed by atoms with Crippen molar-refractivity contribution in [2.24, 2.45) is 11.8 Å². The minimum Gasteiger partial charge on any atom is -0.461 e. The molecule has 3 aromatic carbocycles. The third kappa shape index (κ3) is 7.31. The smallest absolute Gasteiger partial charge is 0.355 e. The molecule has 3 heterocycles. The normalized spacial score (nSPS) is 14.4. The van der Waals surface area contributed by atoms with Gasteiger partial charge in [0, 0.05) is 29.6 Å². The molecule has 1 N–H and O–H groups in total. The van der Waals surface area contributed by atoms with Crippen molar-refractivity contribution < 1.29 is 18.7 Å². The number of benzene rings is 3. The number of para-hydroxylation sites is 1. The van der Waals surface area contributed by atoms with Crippen LogP contribution in [0.5, 0.6) is 11.5 Å². The van der Waals surface area contributed by atoms with E-state index in [1.807, 2.05) is 55.1 Å². The van der Waals surface area contributed by atoms with Gasteiger partial charge in [-0.05, 0) is 91.2 Å². The largest absolute Gasteiger partial charge is 0.461 e. The number of aromatic amines is 1. The highest BCUT2D eigenvalue weighted by Crippen LogP contribution is 2.34. The van der Waals surface area contributed by atoms with Gasteiger partial charge < -0.3 is 14.5 Å². The minimum atomic E-state index is -0.485. The lowest BCUT2D eigenvalue weighted by Crippen LogP contribution is -2.34. The van der Waals surface area contributed by atoms with Gasteiger partial charge in [0.2, 0.25) is 0 Å². The Labute approximate surface area is 269 Å². The van der Waals surface area contributed by atoms with Gasteiger partial charge in [0.1, 0.15) is 28.7 Å². The van der Waals surface area contributed by atoms with E-state index in [2.05, 4.69) is 52.2 Å². The predicted molar refractivity (Wildman–Crippen MR) is 177 cm³/mol. The molecular weight excluding hydrogens is 581 g/mol. The molecule has 0 aliphatic carbocycles. The summed E-state index contributed by atoms with van der Waals surface area (Å²) in [5, 5.41) is 9.39. The van der Waals surface area contributed by atoms with Gasteiger partial charge in [-0.15, -0.1) is 5.10 Å². The number of carbonyl (C=O) groups excluding carboxylic acids is 1. The molecule has 1 saturated heterocycles. The highest BCUT2D eigenvalue weighted by molar-refractivity contribution is 6.07. The monoisotopic (exact) mass is 623 g/mol. The summed E-state index contributed by atoms with van der Waals surface area (Å²) in [5.41, 5.74) is 4.46. The van der Waals surface area contributed by atoms with Gasteiger partial charge in [0.05, 0.1) is 12.8 Å². The van der Waals surface area contributed by atoms with Gasteiger partial charge in [-0.1, -0.05) is 63.2 Å².